The van der Waals surface area contributed by atoms with Gasteiger partial charge in [0, 0.05) is 27.1 Å². The van der Waals surface area contributed by atoms with Gasteiger partial charge in [0.15, 0.2) is 5.76 Å². The number of carbonyl (C=O) groups is 1. The summed E-state index contributed by atoms with van der Waals surface area (Å²) >= 11 is 6.17. The average Bonchev–Trinajstić information content (AvgIpc) is 3.32. The molecule has 2 aromatic carbocycles. The smallest absolute Gasteiger partial charge is 0.291 e. The summed E-state index contributed by atoms with van der Waals surface area (Å²) in [6.07, 6.45) is 1.44. The van der Waals surface area contributed by atoms with Crippen LogP contribution in [0.2, 0.25) is 5.02 Å². The second kappa shape index (κ2) is 6.93. The van der Waals surface area contributed by atoms with Crippen molar-refractivity contribution in [1.29, 1.82) is 0 Å². The first-order chi connectivity index (χ1) is 14.5. The van der Waals surface area contributed by atoms with Crippen LogP contribution in [0, 0.1) is 6.92 Å². The highest BCUT2D eigenvalue weighted by Gasteiger charge is 2.22. The summed E-state index contributed by atoms with van der Waals surface area (Å²) in [4.78, 5) is 32.1. The van der Waals surface area contributed by atoms with Crippen LogP contribution in [0.25, 0.3) is 33.1 Å². The van der Waals surface area contributed by atoms with Crippen LogP contribution in [-0.4, -0.2) is 15.9 Å². The van der Waals surface area contributed by atoms with Gasteiger partial charge in [0.05, 0.1) is 17.3 Å². The van der Waals surface area contributed by atoms with E-state index in [-0.39, 0.29) is 11.4 Å². The van der Waals surface area contributed by atoms with Crippen LogP contribution in [0.15, 0.2) is 70.1 Å². The number of hydrogen-bond donors (Lipinski definition) is 3. The quantitative estimate of drug-likeness (QED) is 0.363. The molecule has 0 spiro atoms. The van der Waals surface area contributed by atoms with E-state index in [4.69, 9.17) is 16.0 Å². The highest BCUT2D eigenvalue weighted by Crippen LogP contribution is 2.36. The van der Waals surface area contributed by atoms with Crippen molar-refractivity contribution in [1.82, 2.24) is 9.97 Å². The van der Waals surface area contributed by atoms with Gasteiger partial charge in [-0.25, -0.2) is 0 Å². The second-order valence-corrected chi connectivity index (χ2v) is 7.46. The van der Waals surface area contributed by atoms with Gasteiger partial charge in [0.1, 0.15) is 5.69 Å². The first-order valence-corrected chi connectivity index (χ1v) is 9.69. The Morgan fingerprint density at radius 3 is 2.57 bits per heavy atom. The third-order valence-corrected chi connectivity index (χ3v) is 5.33. The highest BCUT2D eigenvalue weighted by atomic mass is 35.5. The summed E-state index contributed by atoms with van der Waals surface area (Å²) in [5.74, 6) is -0.323. The van der Waals surface area contributed by atoms with Crippen molar-refractivity contribution in [3.05, 3.63) is 87.6 Å². The molecule has 30 heavy (non-hydrogen) atoms. The minimum atomic E-state index is -0.487. The summed E-state index contributed by atoms with van der Waals surface area (Å²) in [6, 6.07) is 16.6. The lowest BCUT2D eigenvalue weighted by atomic mass is 10.0. The van der Waals surface area contributed by atoms with E-state index in [0.29, 0.717) is 27.2 Å². The van der Waals surface area contributed by atoms with Gasteiger partial charge < -0.3 is 19.7 Å². The van der Waals surface area contributed by atoms with Gasteiger partial charge in [-0.3, -0.25) is 9.59 Å². The minimum Gasteiger partial charge on any atom is -0.459 e. The van der Waals surface area contributed by atoms with E-state index in [2.05, 4.69) is 15.3 Å². The zero-order valence-corrected chi connectivity index (χ0v) is 16.6. The number of nitrogens with one attached hydrogen (secondary N) is 3. The molecular formula is C23H16ClN3O3. The molecule has 5 aromatic rings. The lowest BCUT2D eigenvalue weighted by Gasteiger charge is -2.12. The molecule has 6 nitrogen and oxygen atoms in total. The molecule has 0 saturated carbocycles. The molecule has 148 valence electrons. The molecule has 1 amide bonds. The number of rotatable bonds is 3. The fraction of sp³-hybridized carbons (Fsp3) is 0.0435. The molecular weight excluding hydrogens is 402 g/mol. The normalized spacial score (nSPS) is 11.3. The Bertz CT molecular complexity index is 1480. The average molecular weight is 418 g/mol. The Labute approximate surface area is 175 Å². The van der Waals surface area contributed by atoms with Crippen LogP contribution >= 0.6 is 11.6 Å². The van der Waals surface area contributed by atoms with E-state index in [1.54, 1.807) is 25.1 Å². The summed E-state index contributed by atoms with van der Waals surface area (Å²) in [5.41, 5.74) is 3.95. The number of carbonyl (C=O) groups excluding carboxylic acids is 1. The molecule has 7 heteroatoms. The predicted molar refractivity (Wildman–Crippen MR) is 118 cm³/mol. The Balaban J connectivity index is 1.80. The molecule has 0 aliphatic heterocycles. The van der Waals surface area contributed by atoms with Gasteiger partial charge in [0.25, 0.3) is 11.5 Å². The van der Waals surface area contributed by atoms with Crippen molar-refractivity contribution in [2.45, 2.75) is 6.92 Å². The fourth-order valence-corrected chi connectivity index (χ4v) is 3.86. The molecule has 3 N–H and O–H groups in total. The number of aryl methyl sites for hydroxylation is 1. The maximum Gasteiger partial charge on any atom is 0.291 e. The van der Waals surface area contributed by atoms with Crippen molar-refractivity contribution in [3.63, 3.8) is 0 Å². The van der Waals surface area contributed by atoms with Crippen LogP contribution in [0.3, 0.4) is 0 Å². The summed E-state index contributed by atoms with van der Waals surface area (Å²) in [6.45, 7) is 1.77. The minimum absolute atomic E-state index is 0.146. The molecule has 0 radical (unpaired) electrons. The Morgan fingerprint density at radius 1 is 1.03 bits per heavy atom. The third kappa shape index (κ3) is 2.89. The monoisotopic (exact) mass is 417 g/mol. The number of hydrogen-bond acceptors (Lipinski definition) is 3. The summed E-state index contributed by atoms with van der Waals surface area (Å²) in [7, 11) is 0. The number of benzene rings is 2. The molecule has 0 aliphatic rings. The molecule has 3 heterocycles. The molecule has 0 bridgehead atoms. The molecule has 0 saturated heterocycles. The number of amides is 1. The first-order valence-electron chi connectivity index (χ1n) is 9.31. The number of anilines is 1. The van der Waals surface area contributed by atoms with Gasteiger partial charge in [-0.1, -0.05) is 41.9 Å². The number of pyridine rings is 1. The molecule has 0 aliphatic carbocycles. The number of halogens is 1. The van der Waals surface area contributed by atoms with Crippen LogP contribution in [0.4, 0.5) is 5.69 Å². The van der Waals surface area contributed by atoms with Crippen molar-refractivity contribution < 1.29 is 9.21 Å². The second-order valence-electron chi connectivity index (χ2n) is 7.02. The summed E-state index contributed by atoms with van der Waals surface area (Å²) in [5, 5.41) is 4.11. The van der Waals surface area contributed by atoms with E-state index in [1.807, 2.05) is 36.4 Å². The van der Waals surface area contributed by atoms with Crippen LogP contribution in [0.5, 0.6) is 0 Å². The standard InChI is InChI=1S/C23H16ClN3O3/c1-12-9-10-30-21(12)23(29)27-20-17(13-5-3-2-4-6-13)19-18(26-22(20)28)15-11-14(24)7-8-16(15)25-19/h2-11,25H,1H3,(H,26,28)(H,27,29). The van der Waals surface area contributed by atoms with Crippen LogP contribution < -0.4 is 10.9 Å². The maximum atomic E-state index is 13.1. The van der Waals surface area contributed by atoms with Gasteiger partial charge in [0.2, 0.25) is 0 Å². The predicted octanol–water partition coefficient (Wildman–Crippen LogP) is 5.48. The van der Waals surface area contributed by atoms with Gasteiger partial charge in [-0.05, 0) is 36.8 Å². The molecule has 3 aromatic heterocycles. The SMILES string of the molecule is Cc1ccoc1C(=O)Nc1c(-c2ccccc2)c2[nH]c3ccc(Cl)cc3c2[nH]c1=O. The number of fused-ring (bicyclic) bond motifs is 3. The fourth-order valence-electron chi connectivity index (χ4n) is 3.68. The van der Waals surface area contributed by atoms with E-state index in [9.17, 15) is 9.59 Å². The Hall–Kier alpha value is -3.77. The highest BCUT2D eigenvalue weighted by molar-refractivity contribution is 6.32. The molecule has 5 rings (SSSR count). The lowest BCUT2D eigenvalue weighted by molar-refractivity contribution is 0.0995. The largest absolute Gasteiger partial charge is 0.459 e. The molecule has 0 atom stereocenters. The van der Waals surface area contributed by atoms with Crippen molar-refractivity contribution >= 4 is 45.1 Å². The van der Waals surface area contributed by atoms with Gasteiger partial charge >= 0.3 is 0 Å². The van der Waals surface area contributed by atoms with Crippen molar-refractivity contribution in [2.24, 2.45) is 0 Å². The topological polar surface area (TPSA) is 90.9 Å². The van der Waals surface area contributed by atoms with Crippen LogP contribution in [-0.2, 0) is 0 Å². The number of aromatic amines is 2. The zero-order chi connectivity index (χ0) is 20.8. The van der Waals surface area contributed by atoms with E-state index >= 15 is 0 Å². The number of furan rings is 1. The van der Waals surface area contributed by atoms with Gasteiger partial charge in [-0.15, -0.1) is 0 Å². The van der Waals surface area contributed by atoms with E-state index < -0.39 is 11.5 Å². The van der Waals surface area contributed by atoms with Crippen LogP contribution in [0.1, 0.15) is 16.1 Å². The third-order valence-electron chi connectivity index (χ3n) is 5.10. The Morgan fingerprint density at radius 2 is 1.83 bits per heavy atom. The van der Waals surface area contributed by atoms with E-state index in [1.165, 1.54) is 6.26 Å². The zero-order valence-electron chi connectivity index (χ0n) is 15.9. The maximum absolute atomic E-state index is 13.1. The number of H-pyrrole nitrogens is 2. The summed E-state index contributed by atoms with van der Waals surface area (Å²) < 4.78 is 5.29. The van der Waals surface area contributed by atoms with Crippen molar-refractivity contribution in [2.75, 3.05) is 5.32 Å². The van der Waals surface area contributed by atoms with Gasteiger partial charge in [-0.2, -0.15) is 0 Å². The lowest BCUT2D eigenvalue weighted by Crippen LogP contribution is -2.21. The molecule has 0 fully saturated rings. The van der Waals surface area contributed by atoms with Crippen molar-refractivity contribution in [3.8, 4) is 11.1 Å². The Kier molecular flexibility index (Phi) is 4.22. The molecule has 0 unspecified atom stereocenters. The first kappa shape index (κ1) is 18.3. The van der Waals surface area contributed by atoms with E-state index in [0.717, 1.165) is 16.5 Å². The number of aromatic nitrogens is 2.